The second-order valence-electron chi connectivity index (χ2n) is 8.45. The van der Waals surface area contributed by atoms with Gasteiger partial charge in [0.25, 0.3) is 5.91 Å². The van der Waals surface area contributed by atoms with Crippen molar-refractivity contribution < 1.29 is 4.79 Å². The molecule has 4 nitrogen and oxygen atoms in total. The van der Waals surface area contributed by atoms with Gasteiger partial charge in [-0.15, -0.1) is 0 Å². The number of benzene rings is 1. The molecule has 1 amide bonds. The van der Waals surface area contributed by atoms with E-state index >= 15 is 0 Å². The molecule has 0 unspecified atom stereocenters. The molecular formula is C24H26ClN3O. The Morgan fingerprint density at radius 3 is 2.31 bits per heavy atom. The lowest BCUT2D eigenvalue weighted by Gasteiger charge is -2.21. The normalized spacial score (nSPS) is 11.6. The fourth-order valence-electron chi connectivity index (χ4n) is 3.10. The second-order valence-corrected chi connectivity index (χ2v) is 8.89. The molecule has 2 aromatic heterocycles. The Labute approximate surface area is 177 Å². The average molecular weight is 408 g/mol. The minimum atomic E-state index is -0.335. The molecule has 1 N–H and O–H groups in total. The SMILES string of the molecule is CC(C)c1ccncc1-c1cc(C(=O)NC(C)(C)C)cc(-c2ccc(Cl)cc2)n1. The number of halogens is 1. The first-order valence-electron chi connectivity index (χ1n) is 9.69. The summed E-state index contributed by atoms with van der Waals surface area (Å²) >= 11 is 6.04. The maximum atomic E-state index is 12.9. The first-order valence-corrected chi connectivity index (χ1v) is 10.1. The Balaban J connectivity index is 2.18. The highest BCUT2D eigenvalue weighted by atomic mass is 35.5. The molecule has 5 heteroatoms. The summed E-state index contributed by atoms with van der Waals surface area (Å²) in [4.78, 5) is 22.1. The van der Waals surface area contributed by atoms with E-state index in [0.29, 0.717) is 16.5 Å². The van der Waals surface area contributed by atoms with Gasteiger partial charge in [-0.25, -0.2) is 4.98 Å². The number of carbonyl (C=O) groups excluding carboxylic acids is 1. The zero-order valence-electron chi connectivity index (χ0n) is 17.5. The molecule has 3 aromatic rings. The molecule has 1 aromatic carbocycles. The molecule has 0 aliphatic heterocycles. The van der Waals surface area contributed by atoms with Crippen molar-refractivity contribution in [1.82, 2.24) is 15.3 Å². The number of pyridine rings is 2. The molecule has 0 aliphatic carbocycles. The highest BCUT2D eigenvalue weighted by Gasteiger charge is 2.19. The van der Waals surface area contributed by atoms with Gasteiger partial charge in [-0.3, -0.25) is 9.78 Å². The number of hydrogen-bond acceptors (Lipinski definition) is 3. The molecule has 0 atom stereocenters. The molecule has 0 saturated carbocycles. The van der Waals surface area contributed by atoms with Crippen molar-refractivity contribution in [1.29, 1.82) is 0 Å². The summed E-state index contributed by atoms with van der Waals surface area (Å²) in [6.07, 6.45) is 3.60. The monoisotopic (exact) mass is 407 g/mol. The van der Waals surface area contributed by atoms with Crippen LogP contribution in [0.25, 0.3) is 22.5 Å². The molecule has 150 valence electrons. The largest absolute Gasteiger partial charge is 0.347 e. The standard InChI is InChI=1S/C24H26ClN3O/c1-15(2)19-10-11-26-14-20(19)22-13-17(23(29)28-24(3,4)5)12-21(27-22)16-6-8-18(25)9-7-16/h6-15H,1-5H3,(H,28,29). The van der Waals surface area contributed by atoms with Gasteiger partial charge in [0.05, 0.1) is 11.4 Å². The number of rotatable bonds is 4. The van der Waals surface area contributed by atoms with Crippen molar-refractivity contribution in [3.63, 3.8) is 0 Å². The lowest BCUT2D eigenvalue weighted by atomic mass is 9.95. The third-order valence-electron chi connectivity index (χ3n) is 4.47. The van der Waals surface area contributed by atoms with Crippen LogP contribution in [0.4, 0.5) is 0 Å². The first kappa shape index (κ1) is 21.0. The van der Waals surface area contributed by atoms with Crippen LogP contribution in [0.3, 0.4) is 0 Å². The summed E-state index contributed by atoms with van der Waals surface area (Å²) < 4.78 is 0. The third kappa shape index (κ3) is 5.21. The maximum absolute atomic E-state index is 12.9. The van der Waals surface area contributed by atoms with Crippen LogP contribution in [-0.4, -0.2) is 21.4 Å². The van der Waals surface area contributed by atoms with E-state index < -0.39 is 0 Å². The fraction of sp³-hybridized carbons (Fsp3) is 0.292. The Bertz CT molecular complexity index is 1020. The minimum Gasteiger partial charge on any atom is -0.347 e. The topological polar surface area (TPSA) is 54.9 Å². The molecule has 29 heavy (non-hydrogen) atoms. The highest BCUT2D eigenvalue weighted by Crippen LogP contribution is 2.30. The third-order valence-corrected chi connectivity index (χ3v) is 4.72. The van der Waals surface area contributed by atoms with Crippen LogP contribution in [0.2, 0.25) is 5.02 Å². The number of carbonyl (C=O) groups is 1. The quantitative estimate of drug-likeness (QED) is 0.567. The van der Waals surface area contributed by atoms with E-state index in [2.05, 4.69) is 24.1 Å². The first-order chi connectivity index (χ1) is 13.6. The number of aromatic nitrogens is 2. The lowest BCUT2D eigenvalue weighted by molar-refractivity contribution is 0.0919. The van der Waals surface area contributed by atoms with E-state index in [0.717, 1.165) is 28.1 Å². The van der Waals surface area contributed by atoms with E-state index in [4.69, 9.17) is 16.6 Å². The highest BCUT2D eigenvalue weighted by molar-refractivity contribution is 6.30. The summed E-state index contributed by atoms with van der Waals surface area (Å²) in [5.74, 6) is 0.173. The number of hydrogen-bond donors (Lipinski definition) is 1. The summed E-state index contributed by atoms with van der Waals surface area (Å²) in [6, 6.07) is 13.1. The molecule has 0 spiro atoms. The predicted molar refractivity (Wildman–Crippen MR) is 119 cm³/mol. The molecule has 0 fully saturated rings. The fourth-order valence-corrected chi connectivity index (χ4v) is 3.23. The summed E-state index contributed by atoms with van der Waals surface area (Å²) in [7, 11) is 0. The van der Waals surface area contributed by atoms with Crippen LogP contribution in [0.5, 0.6) is 0 Å². The van der Waals surface area contributed by atoms with E-state index in [1.807, 2.05) is 69.4 Å². The van der Waals surface area contributed by atoms with Gasteiger partial charge in [-0.05, 0) is 62.6 Å². The molecule has 0 radical (unpaired) electrons. The van der Waals surface area contributed by atoms with Crippen LogP contribution in [0.1, 0.15) is 56.5 Å². The predicted octanol–water partition coefficient (Wildman–Crippen LogP) is 6.12. The van der Waals surface area contributed by atoms with Crippen molar-refractivity contribution in [2.75, 3.05) is 0 Å². The van der Waals surface area contributed by atoms with Crippen molar-refractivity contribution in [2.45, 2.75) is 46.1 Å². The van der Waals surface area contributed by atoms with Gasteiger partial charge in [0, 0.05) is 39.6 Å². The number of amides is 1. The number of nitrogens with one attached hydrogen (secondary N) is 1. The van der Waals surface area contributed by atoms with Crippen molar-refractivity contribution in [3.8, 4) is 22.5 Å². The number of nitrogens with zero attached hydrogens (tertiary/aromatic N) is 2. The summed E-state index contributed by atoms with van der Waals surface area (Å²) in [5.41, 5.74) is 4.65. The second kappa shape index (κ2) is 8.34. The molecule has 0 aliphatic rings. The van der Waals surface area contributed by atoms with Gasteiger partial charge in [0.1, 0.15) is 0 Å². The molecular weight excluding hydrogens is 382 g/mol. The Morgan fingerprint density at radius 2 is 1.69 bits per heavy atom. The smallest absolute Gasteiger partial charge is 0.251 e. The van der Waals surface area contributed by atoms with E-state index in [9.17, 15) is 4.79 Å². The van der Waals surface area contributed by atoms with Gasteiger partial charge in [-0.2, -0.15) is 0 Å². The van der Waals surface area contributed by atoms with Crippen molar-refractivity contribution >= 4 is 17.5 Å². The van der Waals surface area contributed by atoms with Crippen LogP contribution in [0.15, 0.2) is 54.9 Å². The maximum Gasteiger partial charge on any atom is 0.251 e. The lowest BCUT2D eigenvalue weighted by Crippen LogP contribution is -2.40. The Hall–Kier alpha value is -2.72. The van der Waals surface area contributed by atoms with E-state index in [-0.39, 0.29) is 11.4 Å². The van der Waals surface area contributed by atoms with Gasteiger partial charge < -0.3 is 5.32 Å². The molecule has 3 rings (SSSR count). The van der Waals surface area contributed by atoms with Gasteiger partial charge >= 0.3 is 0 Å². The summed E-state index contributed by atoms with van der Waals surface area (Å²) in [5, 5.41) is 3.69. The molecule has 0 saturated heterocycles. The average Bonchev–Trinajstić information content (AvgIpc) is 2.67. The van der Waals surface area contributed by atoms with Crippen molar-refractivity contribution in [2.24, 2.45) is 0 Å². The minimum absolute atomic E-state index is 0.133. The van der Waals surface area contributed by atoms with Gasteiger partial charge in [0.15, 0.2) is 0 Å². The van der Waals surface area contributed by atoms with Gasteiger partial charge in [0.2, 0.25) is 0 Å². The zero-order chi connectivity index (χ0) is 21.2. The van der Waals surface area contributed by atoms with E-state index in [1.54, 1.807) is 6.20 Å². The van der Waals surface area contributed by atoms with Crippen LogP contribution in [0, 0.1) is 0 Å². The Kier molecular flexibility index (Phi) is 6.04. The van der Waals surface area contributed by atoms with Crippen molar-refractivity contribution in [3.05, 3.63) is 71.0 Å². The molecule has 0 bridgehead atoms. The van der Waals surface area contributed by atoms with Crippen LogP contribution in [-0.2, 0) is 0 Å². The van der Waals surface area contributed by atoms with Crippen LogP contribution >= 0.6 is 11.6 Å². The van der Waals surface area contributed by atoms with Gasteiger partial charge in [-0.1, -0.05) is 37.6 Å². The summed E-state index contributed by atoms with van der Waals surface area (Å²) in [6.45, 7) is 10.2. The van der Waals surface area contributed by atoms with E-state index in [1.165, 1.54) is 0 Å². The van der Waals surface area contributed by atoms with Crippen LogP contribution < -0.4 is 5.32 Å². The Morgan fingerprint density at radius 1 is 1.03 bits per heavy atom. The molecule has 2 heterocycles. The zero-order valence-corrected chi connectivity index (χ0v) is 18.2.